The van der Waals surface area contributed by atoms with Crippen molar-refractivity contribution in [2.75, 3.05) is 13.2 Å². The first-order valence-electron chi connectivity index (χ1n) is 5.81. The van der Waals surface area contributed by atoms with Gasteiger partial charge in [-0.25, -0.2) is 4.39 Å². The van der Waals surface area contributed by atoms with Gasteiger partial charge in [0.25, 0.3) is 0 Å². The van der Waals surface area contributed by atoms with Gasteiger partial charge in [-0.1, -0.05) is 6.07 Å². The molecule has 1 aliphatic heterocycles. The molecule has 3 nitrogen and oxygen atoms in total. The van der Waals surface area contributed by atoms with E-state index < -0.39 is 0 Å². The Hall–Kier alpha value is -1.58. The predicted octanol–water partition coefficient (Wildman–Crippen LogP) is 2.26. The van der Waals surface area contributed by atoms with Crippen LogP contribution in [-0.4, -0.2) is 19.2 Å². The van der Waals surface area contributed by atoms with Crippen LogP contribution in [0, 0.1) is 5.82 Å². The van der Waals surface area contributed by atoms with Crippen molar-refractivity contribution in [3.05, 3.63) is 29.1 Å². The van der Waals surface area contributed by atoms with Crippen LogP contribution in [-0.2, 0) is 22.4 Å². The maximum absolute atomic E-state index is 13.4. The summed E-state index contributed by atoms with van der Waals surface area (Å²) in [6.07, 6.45) is 1.44. The summed E-state index contributed by atoms with van der Waals surface area (Å²) in [5.41, 5.74) is 1.51. The largest absolute Gasteiger partial charge is 0.493 e. The van der Waals surface area contributed by atoms with Crippen molar-refractivity contribution in [2.45, 2.75) is 26.2 Å². The van der Waals surface area contributed by atoms with Crippen molar-refractivity contribution >= 4 is 5.97 Å². The molecule has 0 amide bonds. The lowest BCUT2D eigenvalue weighted by atomic mass is 10.0. The fourth-order valence-electron chi connectivity index (χ4n) is 1.99. The third-order valence-electron chi connectivity index (χ3n) is 2.79. The van der Waals surface area contributed by atoms with Gasteiger partial charge in [-0.05, 0) is 25.0 Å². The minimum absolute atomic E-state index is 0.225. The average molecular weight is 238 g/mol. The van der Waals surface area contributed by atoms with Gasteiger partial charge in [-0.2, -0.15) is 0 Å². The summed E-state index contributed by atoms with van der Waals surface area (Å²) in [5.74, 6) is 0.162. The third-order valence-corrected chi connectivity index (χ3v) is 2.79. The monoisotopic (exact) mass is 238 g/mol. The number of fused-ring (bicyclic) bond motifs is 1. The normalized spacial score (nSPS) is 13.1. The number of carbonyl (C=O) groups excluding carboxylic acids is 1. The third kappa shape index (κ3) is 2.57. The molecule has 0 saturated carbocycles. The topological polar surface area (TPSA) is 35.5 Å². The molecule has 1 aliphatic rings. The van der Waals surface area contributed by atoms with Crippen LogP contribution in [0.2, 0.25) is 0 Å². The number of aryl methyl sites for hydroxylation is 1. The zero-order valence-corrected chi connectivity index (χ0v) is 9.79. The van der Waals surface area contributed by atoms with Crippen molar-refractivity contribution in [2.24, 2.45) is 0 Å². The summed E-state index contributed by atoms with van der Waals surface area (Å²) in [6.45, 7) is 2.68. The summed E-state index contributed by atoms with van der Waals surface area (Å²) in [5, 5.41) is 0. The first-order valence-corrected chi connectivity index (χ1v) is 5.81. The molecule has 1 aromatic rings. The second kappa shape index (κ2) is 5.17. The summed E-state index contributed by atoms with van der Waals surface area (Å²) in [7, 11) is 0. The van der Waals surface area contributed by atoms with Crippen LogP contribution < -0.4 is 4.74 Å². The quantitative estimate of drug-likeness (QED) is 0.755. The molecular weight excluding hydrogens is 223 g/mol. The van der Waals surface area contributed by atoms with E-state index in [0.29, 0.717) is 43.8 Å². The lowest BCUT2D eigenvalue weighted by Crippen LogP contribution is -2.05. The number of carbonyl (C=O) groups is 1. The molecule has 2 rings (SSSR count). The minimum atomic E-state index is -0.233. The van der Waals surface area contributed by atoms with Crippen LogP contribution in [0.15, 0.2) is 12.1 Å². The molecule has 0 aliphatic carbocycles. The highest BCUT2D eigenvalue weighted by Crippen LogP contribution is 2.32. The molecule has 0 fully saturated rings. The highest BCUT2D eigenvalue weighted by atomic mass is 19.1. The van der Waals surface area contributed by atoms with Crippen LogP contribution in [0.3, 0.4) is 0 Å². The van der Waals surface area contributed by atoms with Crippen molar-refractivity contribution in [1.29, 1.82) is 0 Å². The first-order chi connectivity index (χ1) is 8.22. The smallest absolute Gasteiger partial charge is 0.306 e. The fraction of sp³-hybridized carbons (Fsp3) is 0.462. The number of esters is 1. The Balaban J connectivity index is 2.07. The summed E-state index contributed by atoms with van der Waals surface area (Å²) >= 11 is 0. The lowest BCUT2D eigenvalue weighted by molar-refractivity contribution is -0.143. The van der Waals surface area contributed by atoms with Crippen molar-refractivity contribution in [3.8, 4) is 5.75 Å². The van der Waals surface area contributed by atoms with Crippen LogP contribution in [0.1, 0.15) is 24.5 Å². The summed E-state index contributed by atoms with van der Waals surface area (Å²) in [6, 6.07) is 3.12. The molecule has 0 unspecified atom stereocenters. The molecule has 0 bridgehead atoms. The maximum atomic E-state index is 13.4. The summed E-state index contributed by atoms with van der Waals surface area (Å²) < 4.78 is 23.7. The van der Waals surface area contributed by atoms with Crippen molar-refractivity contribution in [1.82, 2.24) is 0 Å². The average Bonchev–Trinajstić information content (AvgIpc) is 2.78. The summed E-state index contributed by atoms with van der Waals surface area (Å²) in [4.78, 5) is 11.2. The molecule has 4 heteroatoms. The highest BCUT2D eigenvalue weighted by molar-refractivity contribution is 5.70. The number of hydrogen-bond acceptors (Lipinski definition) is 3. The van der Waals surface area contributed by atoms with E-state index >= 15 is 0 Å². The van der Waals surface area contributed by atoms with E-state index in [0.717, 1.165) is 5.56 Å². The molecule has 1 heterocycles. The van der Waals surface area contributed by atoms with Crippen LogP contribution in [0.5, 0.6) is 5.75 Å². The molecule has 92 valence electrons. The van der Waals surface area contributed by atoms with Gasteiger partial charge in [0, 0.05) is 18.4 Å². The second-order valence-corrected chi connectivity index (χ2v) is 3.92. The zero-order chi connectivity index (χ0) is 12.3. The molecule has 0 atom stereocenters. The van der Waals surface area contributed by atoms with Gasteiger partial charge in [0.05, 0.1) is 13.2 Å². The van der Waals surface area contributed by atoms with Crippen molar-refractivity contribution in [3.63, 3.8) is 0 Å². The molecule has 0 radical (unpaired) electrons. The van der Waals surface area contributed by atoms with Crippen molar-refractivity contribution < 1.29 is 18.7 Å². The molecule has 0 spiro atoms. The first kappa shape index (κ1) is 11.9. The number of ether oxygens (including phenoxy) is 2. The number of hydrogen-bond donors (Lipinski definition) is 0. The van der Waals surface area contributed by atoms with Gasteiger partial charge < -0.3 is 9.47 Å². The minimum Gasteiger partial charge on any atom is -0.493 e. The predicted molar refractivity (Wildman–Crippen MR) is 60.6 cm³/mol. The fourth-order valence-corrected chi connectivity index (χ4v) is 1.99. The van der Waals surface area contributed by atoms with Gasteiger partial charge in [-0.3, -0.25) is 4.79 Å². The molecule has 0 N–H and O–H groups in total. The maximum Gasteiger partial charge on any atom is 0.306 e. The Morgan fingerprint density at radius 2 is 2.35 bits per heavy atom. The Morgan fingerprint density at radius 1 is 1.53 bits per heavy atom. The lowest BCUT2D eigenvalue weighted by Gasteiger charge is -2.08. The van der Waals surface area contributed by atoms with Crippen LogP contribution >= 0.6 is 0 Å². The molecule has 1 aromatic carbocycles. The molecule has 17 heavy (non-hydrogen) atoms. The number of halogens is 1. The molecule has 0 aromatic heterocycles. The van der Waals surface area contributed by atoms with E-state index in [9.17, 15) is 9.18 Å². The SMILES string of the molecule is CCOC(=O)CCc1ccc(F)c2c1OCC2. The van der Waals surface area contributed by atoms with Gasteiger partial charge in [-0.15, -0.1) is 0 Å². The standard InChI is InChI=1S/C13H15FO3/c1-2-16-12(15)6-4-9-3-5-11(14)10-7-8-17-13(9)10/h3,5H,2,4,6-8H2,1H3. The Bertz CT molecular complexity index is 429. The van der Waals surface area contributed by atoms with E-state index in [4.69, 9.17) is 9.47 Å². The van der Waals surface area contributed by atoms with E-state index in [1.54, 1.807) is 13.0 Å². The zero-order valence-electron chi connectivity index (χ0n) is 9.79. The second-order valence-electron chi connectivity index (χ2n) is 3.92. The van der Waals surface area contributed by atoms with E-state index in [1.165, 1.54) is 6.07 Å². The van der Waals surface area contributed by atoms with Gasteiger partial charge >= 0.3 is 5.97 Å². The van der Waals surface area contributed by atoms with Gasteiger partial charge in [0.1, 0.15) is 11.6 Å². The van der Waals surface area contributed by atoms with Crippen LogP contribution in [0.4, 0.5) is 4.39 Å². The molecule has 0 saturated heterocycles. The van der Waals surface area contributed by atoms with Gasteiger partial charge in [0.2, 0.25) is 0 Å². The molecular formula is C13H15FO3. The van der Waals surface area contributed by atoms with E-state index in [1.807, 2.05) is 0 Å². The van der Waals surface area contributed by atoms with E-state index in [-0.39, 0.29) is 11.8 Å². The Labute approximate surface area is 99.5 Å². The van der Waals surface area contributed by atoms with Crippen LogP contribution in [0.25, 0.3) is 0 Å². The van der Waals surface area contributed by atoms with E-state index in [2.05, 4.69) is 0 Å². The Morgan fingerprint density at radius 3 is 3.12 bits per heavy atom. The Kier molecular flexibility index (Phi) is 3.61. The number of benzene rings is 1. The number of rotatable bonds is 4. The highest BCUT2D eigenvalue weighted by Gasteiger charge is 2.20. The van der Waals surface area contributed by atoms with Gasteiger partial charge in [0.15, 0.2) is 0 Å².